The van der Waals surface area contributed by atoms with Crippen molar-refractivity contribution >= 4 is 20.0 Å². The van der Waals surface area contributed by atoms with E-state index in [4.69, 9.17) is 5.73 Å². The summed E-state index contributed by atoms with van der Waals surface area (Å²) in [5, 5.41) is 0. The predicted octanol–water partition coefficient (Wildman–Crippen LogP) is -1.29. The van der Waals surface area contributed by atoms with Crippen molar-refractivity contribution in [3.05, 3.63) is 0 Å². The summed E-state index contributed by atoms with van der Waals surface area (Å²) in [6.45, 7) is -0.483. The minimum atomic E-state index is -5.87. The zero-order valence-corrected chi connectivity index (χ0v) is 8.21. The van der Waals surface area contributed by atoms with Crippen LogP contribution in [0.15, 0.2) is 0 Å². The summed E-state index contributed by atoms with van der Waals surface area (Å²) in [6.07, 6.45) is 0. The van der Waals surface area contributed by atoms with Gasteiger partial charge in [0.2, 0.25) is 10.0 Å². The molecule has 0 bridgehead atoms. The molecule has 14 heavy (non-hydrogen) atoms. The summed E-state index contributed by atoms with van der Waals surface area (Å²) in [5.41, 5.74) is -0.911. The lowest BCUT2D eigenvalue weighted by molar-refractivity contribution is -0.0441. The summed E-state index contributed by atoms with van der Waals surface area (Å²) in [7, 11) is -10.4. The van der Waals surface area contributed by atoms with E-state index in [1.54, 1.807) is 0 Å². The van der Waals surface area contributed by atoms with Crippen LogP contribution in [-0.2, 0) is 20.0 Å². The normalized spacial score (nSPS) is 14.3. The van der Waals surface area contributed by atoms with Gasteiger partial charge < -0.3 is 5.73 Å². The van der Waals surface area contributed by atoms with Crippen LogP contribution >= 0.6 is 0 Å². The molecule has 0 aromatic heterocycles. The summed E-state index contributed by atoms with van der Waals surface area (Å²) < 4.78 is 77.3. The predicted molar refractivity (Wildman–Crippen MR) is 41.0 cm³/mol. The first-order valence-electron chi connectivity index (χ1n) is 3.04. The number of nitrogens with two attached hydrogens (primary N) is 1. The van der Waals surface area contributed by atoms with E-state index in [0.717, 1.165) is 0 Å². The second-order valence-corrected chi connectivity index (χ2v) is 5.91. The van der Waals surface area contributed by atoms with Gasteiger partial charge in [-0.3, -0.25) is 0 Å². The number of halogens is 3. The first-order chi connectivity index (χ1) is 6.02. The molecule has 0 saturated carbocycles. The summed E-state index contributed by atoms with van der Waals surface area (Å²) in [6, 6.07) is 0. The van der Waals surface area contributed by atoms with Gasteiger partial charge in [0, 0.05) is 6.54 Å². The zero-order valence-electron chi connectivity index (χ0n) is 6.57. The highest BCUT2D eigenvalue weighted by atomic mass is 32.3. The Hall–Kier alpha value is -0.390. The molecule has 0 spiro atoms. The Morgan fingerprint density at radius 3 is 1.86 bits per heavy atom. The first-order valence-corrected chi connectivity index (χ1v) is 6.18. The van der Waals surface area contributed by atoms with E-state index in [2.05, 4.69) is 0 Å². The average molecular weight is 256 g/mol. The fourth-order valence-corrected chi connectivity index (χ4v) is 2.77. The highest BCUT2D eigenvalue weighted by Gasteiger charge is 2.48. The minimum Gasteiger partial charge on any atom is -0.329 e. The van der Waals surface area contributed by atoms with Crippen LogP contribution < -0.4 is 9.86 Å². The van der Waals surface area contributed by atoms with Crippen molar-refractivity contribution in [2.75, 3.05) is 12.3 Å². The van der Waals surface area contributed by atoms with E-state index in [0.29, 0.717) is 4.13 Å². The topological polar surface area (TPSA) is 106 Å². The van der Waals surface area contributed by atoms with Gasteiger partial charge in [-0.25, -0.2) is 16.8 Å². The third-order valence-corrected chi connectivity index (χ3v) is 4.20. The molecule has 0 aromatic carbocycles. The van der Waals surface area contributed by atoms with Gasteiger partial charge in [-0.15, -0.1) is 4.13 Å². The lowest BCUT2D eigenvalue weighted by Gasteiger charge is -2.08. The van der Waals surface area contributed by atoms with Crippen LogP contribution in [0.5, 0.6) is 0 Å². The first kappa shape index (κ1) is 13.6. The van der Waals surface area contributed by atoms with Crippen LogP contribution in [0.25, 0.3) is 0 Å². The number of hydrogen-bond acceptors (Lipinski definition) is 5. The Bertz CT molecular complexity index is 383. The summed E-state index contributed by atoms with van der Waals surface area (Å²) in [4.78, 5) is 0. The van der Waals surface area contributed by atoms with Crippen molar-refractivity contribution in [3.8, 4) is 0 Å². The maximum Gasteiger partial charge on any atom is 0.512 e. The quantitative estimate of drug-likeness (QED) is 0.651. The molecule has 11 heteroatoms. The summed E-state index contributed by atoms with van der Waals surface area (Å²) >= 11 is 0. The number of alkyl halides is 3. The fraction of sp³-hybridized carbons (Fsp3) is 1.00. The molecule has 0 atom stereocenters. The lowest BCUT2D eigenvalue weighted by Crippen LogP contribution is -2.42. The molecule has 0 unspecified atom stereocenters. The van der Waals surface area contributed by atoms with Crippen molar-refractivity contribution in [2.24, 2.45) is 5.73 Å². The fourth-order valence-electron chi connectivity index (χ4n) is 0.411. The molecule has 0 aliphatic heterocycles. The second-order valence-electron chi connectivity index (χ2n) is 2.14. The molecule has 0 fully saturated rings. The molecule has 6 nitrogen and oxygen atoms in total. The Morgan fingerprint density at radius 1 is 1.14 bits per heavy atom. The Labute approximate surface area is 78.4 Å². The summed E-state index contributed by atoms with van der Waals surface area (Å²) in [5.74, 6) is -0.900. The smallest absolute Gasteiger partial charge is 0.329 e. The standard InChI is InChI=1S/C3H7F3N2O4S2/c4-3(5,6)14(11,12)8-13(9,10)2-1-7/h8H,1-2,7H2. The Kier molecular flexibility index (Phi) is 3.89. The van der Waals surface area contributed by atoms with Gasteiger partial charge in [-0.05, 0) is 0 Å². The second kappa shape index (κ2) is 4.00. The third kappa shape index (κ3) is 3.77. The lowest BCUT2D eigenvalue weighted by atomic mass is 10.8. The van der Waals surface area contributed by atoms with E-state index in [1.807, 2.05) is 0 Å². The molecule has 0 amide bonds. The van der Waals surface area contributed by atoms with E-state index in [1.165, 1.54) is 0 Å². The maximum absolute atomic E-state index is 11.7. The SMILES string of the molecule is NCCS(=O)(=O)NS(=O)(=O)C(F)(F)F. The zero-order chi connectivity index (χ0) is 11.6. The van der Waals surface area contributed by atoms with E-state index in [-0.39, 0.29) is 0 Å². The van der Waals surface area contributed by atoms with E-state index < -0.39 is 37.9 Å². The third-order valence-electron chi connectivity index (χ3n) is 0.928. The van der Waals surface area contributed by atoms with Crippen molar-refractivity contribution < 1.29 is 30.0 Å². The van der Waals surface area contributed by atoms with Crippen molar-refractivity contribution in [2.45, 2.75) is 5.51 Å². The highest BCUT2D eigenvalue weighted by molar-refractivity contribution is 8.05. The monoisotopic (exact) mass is 256 g/mol. The molecular formula is C3H7F3N2O4S2. The van der Waals surface area contributed by atoms with Gasteiger partial charge in [-0.1, -0.05) is 0 Å². The van der Waals surface area contributed by atoms with Gasteiger partial charge in [0.15, 0.2) is 0 Å². The van der Waals surface area contributed by atoms with Crippen molar-refractivity contribution in [3.63, 3.8) is 0 Å². The number of sulfonamides is 2. The molecule has 0 saturated heterocycles. The molecule has 3 N–H and O–H groups in total. The number of nitrogens with one attached hydrogen (secondary N) is 1. The molecule has 0 aliphatic carbocycles. The van der Waals surface area contributed by atoms with Crippen molar-refractivity contribution in [1.82, 2.24) is 4.13 Å². The van der Waals surface area contributed by atoms with Crippen LogP contribution in [0.3, 0.4) is 0 Å². The molecule has 0 radical (unpaired) electrons. The highest BCUT2D eigenvalue weighted by Crippen LogP contribution is 2.21. The average Bonchev–Trinajstić information content (AvgIpc) is 1.80. The van der Waals surface area contributed by atoms with E-state index >= 15 is 0 Å². The molecule has 0 rings (SSSR count). The van der Waals surface area contributed by atoms with E-state index in [9.17, 15) is 30.0 Å². The van der Waals surface area contributed by atoms with Gasteiger partial charge in [0.25, 0.3) is 0 Å². The van der Waals surface area contributed by atoms with Crippen molar-refractivity contribution in [1.29, 1.82) is 0 Å². The number of rotatable bonds is 4. The number of hydrogen-bond donors (Lipinski definition) is 2. The Morgan fingerprint density at radius 2 is 1.57 bits per heavy atom. The molecule has 0 aliphatic rings. The van der Waals surface area contributed by atoms with Gasteiger partial charge >= 0.3 is 15.5 Å². The molecule has 0 heterocycles. The van der Waals surface area contributed by atoms with Crippen LogP contribution in [0.4, 0.5) is 13.2 Å². The molecule has 86 valence electrons. The van der Waals surface area contributed by atoms with Crippen LogP contribution in [0, 0.1) is 0 Å². The largest absolute Gasteiger partial charge is 0.512 e. The maximum atomic E-state index is 11.7. The van der Waals surface area contributed by atoms with Crippen LogP contribution in [-0.4, -0.2) is 34.6 Å². The van der Waals surface area contributed by atoms with Gasteiger partial charge in [-0.2, -0.15) is 13.2 Å². The van der Waals surface area contributed by atoms with Gasteiger partial charge in [0.05, 0.1) is 5.75 Å². The molecule has 0 aromatic rings. The van der Waals surface area contributed by atoms with Crippen LogP contribution in [0.1, 0.15) is 0 Å². The molecular weight excluding hydrogens is 249 g/mol. The minimum absolute atomic E-state index is 0.483. The Balaban J connectivity index is 4.89. The van der Waals surface area contributed by atoms with Gasteiger partial charge in [0.1, 0.15) is 0 Å². The van der Waals surface area contributed by atoms with Crippen LogP contribution in [0.2, 0.25) is 0 Å².